The molecule has 0 aliphatic heterocycles. The van der Waals surface area contributed by atoms with Crippen LogP contribution in [0.2, 0.25) is 0 Å². The minimum atomic E-state index is -0.550. The molecule has 1 aromatic carbocycles. The first kappa shape index (κ1) is 11.3. The lowest BCUT2D eigenvalue weighted by Crippen LogP contribution is -1.98. The van der Waals surface area contributed by atoms with Gasteiger partial charge in [-0.25, -0.2) is 4.39 Å². The van der Waals surface area contributed by atoms with Gasteiger partial charge in [0.15, 0.2) is 5.78 Å². The van der Waals surface area contributed by atoms with E-state index in [0.29, 0.717) is 11.6 Å². The van der Waals surface area contributed by atoms with Gasteiger partial charge in [0.2, 0.25) is 5.88 Å². The maximum Gasteiger partial charge on any atom is 0.238 e. The van der Waals surface area contributed by atoms with Crippen molar-refractivity contribution in [1.29, 1.82) is 0 Å². The van der Waals surface area contributed by atoms with Crippen LogP contribution >= 0.6 is 0 Å². The maximum absolute atomic E-state index is 13.3. The van der Waals surface area contributed by atoms with Crippen molar-refractivity contribution in [2.45, 2.75) is 6.92 Å². The minimum absolute atomic E-state index is 0.0124. The third kappa shape index (κ3) is 2.50. The molecule has 0 spiro atoms. The highest BCUT2D eigenvalue weighted by Gasteiger charge is 2.09. The Morgan fingerprint density at radius 3 is 2.76 bits per heavy atom. The Kier molecular flexibility index (Phi) is 2.91. The van der Waals surface area contributed by atoms with Gasteiger partial charge in [0.1, 0.15) is 11.6 Å². The molecule has 0 unspecified atom stereocenters. The summed E-state index contributed by atoms with van der Waals surface area (Å²) < 4.78 is 20.2. The van der Waals surface area contributed by atoms with Crippen LogP contribution in [-0.2, 0) is 7.05 Å². The molecule has 2 rings (SSSR count). The zero-order valence-corrected chi connectivity index (χ0v) is 9.48. The minimum Gasteiger partial charge on any atom is -0.438 e. The number of ketones is 1. The predicted molar refractivity (Wildman–Crippen MR) is 59.7 cm³/mol. The number of hydrogen-bond donors (Lipinski definition) is 0. The second-order valence-electron chi connectivity index (χ2n) is 3.63. The number of rotatable bonds is 3. The van der Waals surface area contributed by atoms with Crippen LogP contribution in [0.1, 0.15) is 17.3 Å². The van der Waals surface area contributed by atoms with Gasteiger partial charge in [-0.2, -0.15) is 0 Å². The van der Waals surface area contributed by atoms with E-state index in [4.69, 9.17) is 4.74 Å². The van der Waals surface area contributed by atoms with Crippen LogP contribution in [0.15, 0.2) is 30.5 Å². The van der Waals surface area contributed by atoms with Crippen LogP contribution in [0, 0.1) is 5.82 Å². The molecule has 0 saturated heterocycles. The number of carbonyl (C=O) groups is 1. The maximum atomic E-state index is 13.3. The van der Waals surface area contributed by atoms with E-state index in [1.54, 1.807) is 24.0 Å². The number of Topliss-reactive ketones (excluding diaryl/α,β-unsaturated/α-hetero) is 1. The van der Waals surface area contributed by atoms with Crippen LogP contribution in [0.4, 0.5) is 4.39 Å². The molecule has 4 nitrogen and oxygen atoms in total. The molecule has 0 fully saturated rings. The molecule has 0 saturated carbocycles. The standard InChI is InChI=1S/C12H11FN2O2/c1-8(16)10-7-9(3-4-11(10)13)17-12-5-6-15(2)14-12/h3-7H,1-2H3. The van der Waals surface area contributed by atoms with Crippen molar-refractivity contribution in [3.05, 3.63) is 41.8 Å². The summed E-state index contributed by atoms with van der Waals surface area (Å²) >= 11 is 0. The Morgan fingerprint density at radius 2 is 2.18 bits per heavy atom. The van der Waals surface area contributed by atoms with Crippen molar-refractivity contribution in [1.82, 2.24) is 9.78 Å². The number of aryl methyl sites for hydroxylation is 1. The quantitative estimate of drug-likeness (QED) is 0.766. The summed E-state index contributed by atoms with van der Waals surface area (Å²) in [5.41, 5.74) is 0.0124. The van der Waals surface area contributed by atoms with E-state index >= 15 is 0 Å². The van der Waals surface area contributed by atoms with Crippen LogP contribution < -0.4 is 4.74 Å². The molecule has 0 aliphatic rings. The van der Waals surface area contributed by atoms with Crippen LogP contribution in [-0.4, -0.2) is 15.6 Å². The molecule has 5 heteroatoms. The van der Waals surface area contributed by atoms with Gasteiger partial charge in [0, 0.05) is 19.3 Å². The van der Waals surface area contributed by atoms with Gasteiger partial charge >= 0.3 is 0 Å². The largest absolute Gasteiger partial charge is 0.438 e. The fraction of sp³-hybridized carbons (Fsp3) is 0.167. The molecule has 2 aromatic rings. The summed E-state index contributed by atoms with van der Waals surface area (Å²) in [7, 11) is 1.76. The number of carbonyl (C=O) groups excluding carboxylic acids is 1. The highest BCUT2D eigenvalue weighted by Crippen LogP contribution is 2.22. The Labute approximate surface area is 97.6 Å². The first-order valence-corrected chi connectivity index (χ1v) is 5.04. The molecule has 0 amide bonds. The molecule has 0 N–H and O–H groups in total. The molecule has 17 heavy (non-hydrogen) atoms. The summed E-state index contributed by atoms with van der Waals surface area (Å²) in [5.74, 6) is -0.108. The summed E-state index contributed by atoms with van der Waals surface area (Å²) in [5, 5.41) is 4.02. The molecule has 0 atom stereocenters. The molecular weight excluding hydrogens is 223 g/mol. The monoisotopic (exact) mass is 234 g/mol. The molecule has 88 valence electrons. The van der Waals surface area contributed by atoms with Crippen LogP contribution in [0.25, 0.3) is 0 Å². The molecule has 0 bridgehead atoms. The van der Waals surface area contributed by atoms with Crippen LogP contribution in [0.5, 0.6) is 11.6 Å². The van der Waals surface area contributed by atoms with E-state index in [1.807, 2.05) is 0 Å². The van der Waals surface area contributed by atoms with Crippen molar-refractivity contribution in [2.75, 3.05) is 0 Å². The fourth-order valence-corrected chi connectivity index (χ4v) is 1.41. The van der Waals surface area contributed by atoms with Crippen molar-refractivity contribution in [3.8, 4) is 11.6 Å². The number of aromatic nitrogens is 2. The predicted octanol–water partition coefficient (Wildman–Crippen LogP) is 2.55. The Hall–Kier alpha value is -2.17. The van der Waals surface area contributed by atoms with E-state index in [2.05, 4.69) is 5.10 Å². The third-order valence-corrected chi connectivity index (χ3v) is 2.23. The normalized spacial score (nSPS) is 10.3. The van der Waals surface area contributed by atoms with Gasteiger partial charge in [-0.1, -0.05) is 0 Å². The smallest absolute Gasteiger partial charge is 0.238 e. The van der Waals surface area contributed by atoms with E-state index < -0.39 is 5.82 Å². The van der Waals surface area contributed by atoms with Crippen molar-refractivity contribution in [3.63, 3.8) is 0 Å². The zero-order chi connectivity index (χ0) is 12.4. The van der Waals surface area contributed by atoms with Gasteiger partial charge in [-0.15, -0.1) is 5.10 Å². The lowest BCUT2D eigenvalue weighted by atomic mass is 10.1. The Morgan fingerprint density at radius 1 is 1.41 bits per heavy atom. The third-order valence-electron chi connectivity index (χ3n) is 2.23. The second kappa shape index (κ2) is 4.37. The highest BCUT2D eigenvalue weighted by molar-refractivity contribution is 5.94. The van der Waals surface area contributed by atoms with E-state index in [-0.39, 0.29) is 11.3 Å². The average Bonchev–Trinajstić information content (AvgIpc) is 2.66. The SMILES string of the molecule is CC(=O)c1cc(Oc2ccn(C)n2)ccc1F. The highest BCUT2D eigenvalue weighted by atomic mass is 19.1. The molecule has 1 aromatic heterocycles. The summed E-state index contributed by atoms with van der Waals surface area (Å²) in [6.45, 7) is 1.31. The second-order valence-corrected chi connectivity index (χ2v) is 3.63. The first-order valence-electron chi connectivity index (χ1n) is 5.04. The van der Waals surface area contributed by atoms with Crippen molar-refractivity contribution >= 4 is 5.78 Å². The van der Waals surface area contributed by atoms with Crippen molar-refractivity contribution in [2.24, 2.45) is 7.05 Å². The lowest BCUT2D eigenvalue weighted by Gasteiger charge is -2.04. The zero-order valence-electron chi connectivity index (χ0n) is 9.48. The van der Waals surface area contributed by atoms with Crippen LogP contribution in [0.3, 0.4) is 0 Å². The van der Waals surface area contributed by atoms with Gasteiger partial charge < -0.3 is 4.74 Å². The molecule has 1 heterocycles. The molecular formula is C12H11FN2O2. The van der Waals surface area contributed by atoms with Gasteiger partial charge in [-0.05, 0) is 25.1 Å². The summed E-state index contributed by atoms with van der Waals surface area (Å²) in [6.07, 6.45) is 1.73. The van der Waals surface area contributed by atoms with E-state index in [9.17, 15) is 9.18 Å². The summed E-state index contributed by atoms with van der Waals surface area (Å²) in [4.78, 5) is 11.2. The lowest BCUT2D eigenvalue weighted by molar-refractivity contribution is 0.101. The van der Waals surface area contributed by atoms with Gasteiger partial charge in [0.05, 0.1) is 5.56 Å². The summed E-state index contributed by atoms with van der Waals surface area (Å²) in [6, 6.07) is 5.70. The van der Waals surface area contributed by atoms with E-state index in [0.717, 1.165) is 0 Å². The number of halogens is 1. The number of benzene rings is 1. The van der Waals surface area contributed by atoms with Gasteiger partial charge in [0.25, 0.3) is 0 Å². The molecule has 0 radical (unpaired) electrons. The van der Waals surface area contributed by atoms with E-state index in [1.165, 1.54) is 25.1 Å². The number of nitrogens with zero attached hydrogens (tertiary/aromatic N) is 2. The molecule has 0 aliphatic carbocycles. The Bertz CT molecular complexity index is 563. The van der Waals surface area contributed by atoms with Crippen molar-refractivity contribution < 1.29 is 13.9 Å². The Balaban J connectivity index is 2.28. The first-order chi connectivity index (χ1) is 8.06. The van der Waals surface area contributed by atoms with Gasteiger partial charge in [-0.3, -0.25) is 9.48 Å². The topological polar surface area (TPSA) is 44.1 Å². The fourth-order valence-electron chi connectivity index (χ4n) is 1.41. The average molecular weight is 234 g/mol. The number of ether oxygens (including phenoxy) is 1. The number of hydrogen-bond acceptors (Lipinski definition) is 3.